The van der Waals surface area contributed by atoms with Crippen molar-refractivity contribution in [3.05, 3.63) is 94.7 Å². The van der Waals surface area contributed by atoms with Crippen molar-refractivity contribution in [2.24, 2.45) is 0 Å². The standard InChI is InChI=1S/C40H52Si2.C4H4S/c1-27(2)41(28(3)4,29(5)6)21-19-33-17-18-36-25-37-23-34-15-13-14-16-35(34)24-38(37)26-40(36)39(33)20-22-42(30(7)8,31(9)10)32(11)12;1-2-4-5-3-1/h13-18,23-32H,1-12H3;1-4H. The summed E-state index contributed by atoms with van der Waals surface area (Å²) in [5.74, 6) is 7.71. The molecule has 0 unspecified atom stereocenters. The molecule has 0 bridgehead atoms. The molecule has 0 N–H and O–H groups in total. The van der Waals surface area contributed by atoms with Crippen LogP contribution in [0.15, 0.2) is 83.6 Å². The fourth-order valence-corrected chi connectivity index (χ4v) is 19.3. The van der Waals surface area contributed by atoms with Crippen molar-refractivity contribution in [1.29, 1.82) is 0 Å². The third-order valence-corrected chi connectivity index (χ3v) is 24.0. The van der Waals surface area contributed by atoms with Gasteiger partial charge in [0.2, 0.25) is 0 Å². The molecule has 0 saturated heterocycles. The molecule has 0 amide bonds. The molecule has 0 saturated carbocycles. The molecular formula is C44H56SSi2. The highest BCUT2D eigenvalue weighted by Gasteiger charge is 2.42. The average molecular weight is 673 g/mol. The summed E-state index contributed by atoms with van der Waals surface area (Å²) in [4.78, 5) is 0. The van der Waals surface area contributed by atoms with Gasteiger partial charge in [0.15, 0.2) is 0 Å². The molecule has 0 aliphatic carbocycles. The SMILES string of the molecule is CC(C)[Si](C#Cc1ccc2cc3cc4ccccc4cc3cc2c1C#C[Si](C(C)C)(C(C)C)C(C)C)(C(C)C)C(C)C.c1ccsc1. The monoisotopic (exact) mass is 672 g/mol. The lowest BCUT2D eigenvalue weighted by molar-refractivity contribution is 0.838. The largest absolute Gasteiger partial charge is 0.152 e. The van der Waals surface area contributed by atoms with E-state index in [9.17, 15) is 0 Å². The summed E-state index contributed by atoms with van der Waals surface area (Å²) in [6, 6.07) is 26.6. The van der Waals surface area contributed by atoms with Gasteiger partial charge in [-0.3, -0.25) is 0 Å². The Morgan fingerprint density at radius 2 is 0.872 bits per heavy atom. The first kappa shape index (κ1) is 36.7. The Morgan fingerprint density at radius 3 is 1.30 bits per heavy atom. The molecule has 3 heteroatoms. The van der Waals surface area contributed by atoms with Crippen LogP contribution in [0.25, 0.3) is 32.3 Å². The molecule has 1 heterocycles. The van der Waals surface area contributed by atoms with E-state index >= 15 is 0 Å². The van der Waals surface area contributed by atoms with Crippen molar-refractivity contribution in [3.8, 4) is 22.9 Å². The van der Waals surface area contributed by atoms with E-state index in [4.69, 9.17) is 0 Å². The normalized spacial score (nSPS) is 12.2. The van der Waals surface area contributed by atoms with E-state index in [1.54, 1.807) is 11.3 Å². The predicted octanol–water partition coefficient (Wildman–Crippen LogP) is 14.0. The van der Waals surface area contributed by atoms with Gasteiger partial charge < -0.3 is 0 Å². The molecule has 5 rings (SSSR count). The van der Waals surface area contributed by atoms with Gasteiger partial charge in [0.05, 0.1) is 0 Å². The quantitative estimate of drug-likeness (QED) is 0.0956. The van der Waals surface area contributed by atoms with E-state index < -0.39 is 16.1 Å². The zero-order valence-electron chi connectivity index (χ0n) is 31.0. The first-order valence-corrected chi connectivity index (χ1v) is 23.1. The van der Waals surface area contributed by atoms with E-state index in [2.05, 4.69) is 167 Å². The molecule has 246 valence electrons. The molecule has 47 heavy (non-hydrogen) atoms. The molecule has 0 aliphatic heterocycles. The van der Waals surface area contributed by atoms with Crippen LogP contribution in [-0.4, -0.2) is 16.1 Å². The lowest BCUT2D eigenvalue weighted by Gasteiger charge is -2.38. The van der Waals surface area contributed by atoms with Crippen LogP contribution in [0, 0.1) is 22.9 Å². The second-order valence-corrected chi connectivity index (χ2v) is 27.2. The van der Waals surface area contributed by atoms with E-state index in [0.717, 1.165) is 11.1 Å². The Bertz CT molecular complexity index is 1860. The van der Waals surface area contributed by atoms with Crippen molar-refractivity contribution in [1.82, 2.24) is 0 Å². The molecule has 0 radical (unpaired) electrons. The highest BCUT2D eigenvalue weighted by Crippen LogP contribution is 2.42. The Hall–Kier alpha value is -3.09. The van der Waals surface area contributed by atoms with Gasteiger partial charge in [-0.1, -0.05) is 137 Å². The van der Waals surface area contributed by atoms with Crippen molar-refractivity contribution in [2.75, 3.05) is 0 Å². The summed E-state index contributed by atoms with van der Waals surface area (Å²) in [5.41, 5.74) is 13.9. The van der Waals surface area contributed by atoms with Crippen molar-refractivity contribution < 1.29 is 0 Å². The van der Waals surface area contributed by atoms with E-state index in [1.807, 2.05) is 22.9 Å². The maximum absolute atomic E-state index is 4.06. The second kappa shape index (κ2) is 15.4. The number of hydrogen-bond donors (Lipinski definition) is 0. The smallest absolute Gasteiger partial charge is 0.146 e. The van der Waals surface area contributed by atoms with E-state index in [0.29, 0.717) is 33.2 Å². The lowest BCUT2D eigenvalue weighted by Crippen LogP contribution is -2.43. The third-order valence-electron chi connectivity index (χ3n) is 10.8. The van der Waals surface area contributed by atoms with Crippen LogP contribution in [0.1, 0.15) is 94.2 Å². The van der Waals surface area contributed by atoms with Gasteiger partial charge in [0.1, 0.15) is 16.1 Å². The van der Waals surface area contributed by atoms with E-state index in [-0.39, 0.29) is 0 Å². The molecular weight excluding hydrogens is 617 g/mol. The first-order chi connectivity index (χ1) is 22.2. The number of fused-ring (bicyclic) bond motifs is 3. The zero-order chi connectivity index (χ0) is 34.5. The molecule has 4 aromatic carbocycles. The van der Waals surface area contributed by atoms with Gasteiger partial charge in [0, 0.05) is 11.1 Å². The minimum atomic E-state index is -1.92. The fourth-order valence-electron chi connectivity index (χ4n) is 8.44. The minimum absolute atomic E-state index is 0.588. The maximum Gasteiger partial charge on any atom is 0.146 e. The molecule has 0 spiro atoms. The number of thiophene rings is 1. The van der Waals surface area contributed by atoms with Gasteiger partial charge in [-0.2, -0.15) is 11.3 Å². The highest BCUT2D eigenvalue weighted by molar-refractivity contribution is 7.07. The van der Waals surface area contributed by atoms with Crippen LogP contribution in [-0.2, 0) is 0 Å². The lowest BCUT2D eigenvalue weighted by atomic mass is 9.95. The average Bonchev–Trinajstić information content (AvgIpc) is 3.60. The molecule has 0 nitrogen and oxygen atoms in total. The Labute approximate surface area is 292 Å². The Kier molecular flexibility index (Phi) is 12.1. The molecule has 0 fully saturated rings. The van der Waals surface area contributed by atoms with Crippen LogP contribution < -0.4 is 0 Å². The van der Waals surface area contributed by atoms with Crippen LogP contribution in [0.3, 0.4) is 0 Å². The van der Waals surface area contributed by atoms with Crippen molar-refractivity contribution >= 4 is 59.8 Å². The predicted molar refractivity (Wildman–Crippen MR) is 219 cm³/mol. The van der Waals surface area contributed by atoms with Crippen LogP contribution in [0.4, 0.5) is 0 Å². The third kappa shape index (κ3) is 7.49. The molecule has 0 aliphatic rings. The van der Waals surface area contributed by atoms with Crippen LogP contribution in [0.5, 0.6) is 0 Å². The number of hydrogen-bond acceptors (Lipinski definition) is 1. The van der Waals surface area contributed by atoms with Crippen molar-refractivity contribution in [3.63, 3.8) is 0 Å². The van der Waals surface area contributed by atoms with Gasteiger partial charge in [-0.05, 0) is 107 Å². The summed E-state index contributed by atoms with van der Waals surface area (Å²) in [6.07, 6.45) is 0. The summed E-state index contributed by atoms with van der Waals surface area (Å²) in [5, 5.41) is 11.7. The summed E-state index contributed by atoms with van der Waals surface area (Å²) < 4.78 is 0. The Morgan fingerprint density at radius 1 is 0.447 bits per heavy atom. The van der Waals surface area contributed by atoms with E-state index in [1.165, 1.54) is 32.3 Å². The minimum Gasteiger partial charge on any atom is -0.152 e. The van der Waals surface area contributed by atoms with Crippen LogP contribution in [0.2, 0.25) is 33.2 Å². The fraction of sp³-hybridized carbons (Fsp3) is 0.409. The topological polar surface area (TPSA) is 0 Å². The van der Waals surface area contributed by atoms with Crippen molar-refractivity contribution in [2.45, 2.75) is 116 Å². The number of rotatable bonds is 6. The maximum atomic E-state index is 4.06. The highest BCUT2D eigenvalue weighted by atomic mass is 32.1. The number of benzene rings is 4. The zero-order valence-corrected chi connectivity index (χ0v) is 33.8. The summed E-state index contributed by atoms with van der Waals surface area (Å²) in [7, 11) is -3.81. The van der Waals surface area contributed by atoms with Gasteiger partial charge in [-0.25, -0.2) is 0 Å². The molecule has 5 aromatic rings. The van der Waals surface area contributed by atoms with Gasteiger partial charge in [0.25, 0.3) is 0 Å². The summed E-state index contributed by atoms with van der Waals surface area (Å²) in [6.45, 7) is 28.8. The van der Waals surface area contributed by atoms with Gasteiger partial charge >= 0.3 is 0 Å². The summed E-state index contributed by atoms with van der Waals surface area (Å²) >= 11 is 1.71. The Balaban J connectivity index is 0.000000912. The van der Waals surface area contributed by atoms with Gasteiger partial charge in [-0.15, -0.1) is 11.1 Å². The van der Waals surface area contributed by atoms with Crippen LogP contribution >= 0.6 is 11.3 Å². The first-order valence-electron chi connectivity index (χ1n) is 17.7. The molecule has 1 aromatic heterocycles. The molecule has 0 atom stereocenters. The second-order valence-electron chi connectivity index (χ2n) is 15.2.